The number of rotatable bonds is 17. The van der Waals surface area contributed by atoms with Gasteiger partial charge in [-0.3, -0.25) is 0 Å². The van der Waals surface area contributed by atoms with E-state index in [1.165, 1.54) is 28.3 Å². The SMILES string of the molecule is COc1cc(COC[C@](CCCN2CCC3(CC2)c2ccccc2C[S+]3[O-])(c2ccc(CI)c(CI)c2)N(C)C(=O)NCc2ccccc2F)cc(OC)c1OC. The van der Waals surface area contributed by atoms with Gasteiger partial charge < -0.3 is 38.6 Å². The molecule has 0 bridgehead atoms. The van der Waals surface area contributed by atoms with Crippen LogP contribution in [0.5, 0.6) is 17.2 Å². The maximum atomic E-state index is 14.7. The number of nitrogens with one attached hydrogen (secondary N) is 1. The Balaban J connectivity index is 1.28. The molecule has 2 atom stereocenters. The van der Waals surface area contributed by atoms with E-state index in [-0.39, 0.29) is 36.4 Å². The summed E-state index contributed by atoms with van der Waals surface area (Å²) in [5.74, 6) is 1.82. The van der Waals surface area contributed by atoms with E-state index in [0.717, 1.165) is 58.9 Å². The molecule has 13 heteroatoms. The van der Waals surface area contributed by atoms with Crippen molar-refractivity contribution in [3.8, 4) is 17.2 Å². The quantitative estimate of drug-likeness (QED) is 0.0642. The molecule has 4 aromatic carbocycles. The Labute approximate surface area is 366 Å². The lowest BCUT2D eigenvalue weighted by Gasteiger charge is -2.44. The van der Waals surface area contributed by atoms with Crippen LogP contribution < -0.4 is 19.5 Å². The fraction of sp³-hybridized carbons (Fsp3) is 0.432. The first-order chi connectivity index (χ1) is 27.6. The Hall–Kier alpha value is -2.83. The maximum Gasteiger partial charge on any atom is 0.318 e. The average molecular weight is 1020 g/mol. The number of nitrogens with zero attached hydrogens (tertiary/aromatic N) is 2. The molecule has 0 aliphatic carbocycles. The summed E-state index contributed by atoms with van der Waals surface area (Å²) in [6.45, 7) is 2.98. The third kappa shape index (κ3) is 9.48. The molecule has 9 nitrogen and oxygen atoms in total. The van der Waals surface area contributed by atoms with E-state index in [1.807, 2.05) is 25.2 Å². The van der Waals surface area contributed by atoms with Crippen molar-refractivity contribution >= 4 is 62.4 Å². The molecule has 2 aliphatic heterocycles. The van der Waals surface area contributed by atoms with Crippen molar-refractivity contribution in [2.75, 3.05) is 54.6 Å². The zero-order valence-electron chi connectivity index (χ0n) is 33.1. The molecule has 0 aromatic heterocycles. The minimum absolute atomic E-state index is 0.0466. The normalized spacial score (nSPS) is 17.2. The lowest BCUT2D eigenvalue weighted by atomic mass is 9.82. The minimum atomic E-state index is -0.927. The first-order valence-electron chi connectivity index (χ1n) is 19.2. The van der Waals surface area contributed by atoms with Gasteiger partial charge in [-0.1, -0.05) is 106 Å². The third-order valence-electron chi connectivity index (χ3n) is 11.7. The summed E-state index contributed by atoms with van der Waals surface area (Å²) in [6.07, 6.45) is 3.09. The maximum absolute atomic E-state index is 14.7. The number of likely N-dealkylation sites (N-methyl/N-ethyl adjacent to an activating group) is 1. The highest BCUT2D eigenvalue weighted by atomic mass is 127. The van der Waals surface area contributed by atoms with Crippen molar-refractivity contribution < 1.29 is 32.7 Å². The molecular formula is C44H52FI2N3O6S. The van der Waals surface area contributed by atoms with Crippen LogP contribution in [-0.4, -0.2) is 75.0 Å². The minimum Gasteiger partial charge on any atom is -0.615 e. The number of carbonyl (C=O) groups excluding carboxylic acids is 1. The zero-order chi connectivity index (χ0) is 40.6. The average Bonchev–Trinajstić information content (AvgIpc) is 3.51. The molecule has 306 valence electrons. The topological polar surface area (TPSA) is 95.6 Å². The number of hydrogen-bond acceptors (Lipinski definition) is 7. The third-order valence-corrected chi connectivity index (χ3v) is 15.4. The summed E-state index contributed by atoms with van der Waals surface area (Å²) in [7, 11) is 6.55. The molecule has 1 spiro atoms. The molecule has 1 fully saturated rings. The Morgan fingerprint density at radius 3 is 2.28 bits per heavy atom. The van der Waals surface area contributed by atoms with Crippen LogP contribution in [0, 0.1) is 5.82 Å². The fourth-order valence-electron chi connectivity index (χ4n) is 8.33. The number of urea groups is 1. The Morgan fingerprint density at radius 1 is 0.930 bits per heavy atom. The van der Waals surface area contributed by atoms with Crippen molar-refractivity contribution in [1.29, 1.82) is 0 Å². The lowest BCUT2D eigenvalue weighted by molar-refractivity contribution is 0.00238. The Bertz CT molecular complexity index is 1970. The molecule has 1 saturated heterocycles. The van der Waals surface area contributed by atoms with Crippen LogP contribution in [0.2, 0.25) is 0 Å². The second-order valence-electron chi connectivity index (χ2n) is 14.7. The predicted octanol–water partition coefficient (Wildman–Crippen LogP) is 9.01. The number of halogens is 3. The fourth-order valence-corrected chi connectivity index (χ4v) is 11.7. The number of amides is 2. The first kappa shape index (κ1) is 43.7. The van der Waals surface area contributed by atoms with Crippen LogP contribution in [-0.2, 0) is 54.0 Å². The van der Waals surface area contributed by atoms with Crippen molar-refractivity contribution in [2.45, 2.75) is 63.7 Å². The van der Waals surface area contributed by atoms with Gasteiger partial charge in [0.1, 0.15) is 11.6 Å². The molecule has 2 heterocycles. The summed E-state index contributed by atoms with van der Waals surface area (Å²) in [5.41, 5.74) is 6.26. The predicted molar refractivity (Wildman–Crippen MR) is 241 cm³/mol. The van der Waals surface area contributed by atoms with Gasteiger partial charge in [-0.15, -0.1) is 0 Å². The molecule has 1 unspecified atom stereocenters. The van der Waals surface area contributed by atoms with Crippen LogP contribution in [0.1, 0.15) is 64.6 Å². The summed E-state index contributed by atoms with van der Waals surface area (Å²) < 4.78 is 53.0. The number of alkyl halides is 2. The molecule has 1 N–H and O–H groups in total. The number of benzene rings is 4. The van der Waals surface area contributed by atoms with Crippen LogP contribution in [0.4, 0.5) is 9.18 Å². The molecule has 6 rings (SSSR count). The second kappa shape index (κ2) is 19.9. The van der Waals surface area contributed by atoms with Crippen LogP contribution in [0.3, 0.4) is 0 Å². The van der Waals surface area contributed by atoms with Crippen LogP contribution in [0.15, 0.2) is 78.9 Å². The van der Waals surface area contributed by atoms with Gasteiger partial charge in [0.2, 0.25) is 5.75 Å². The van der Waals surface area contributed by atoms with E-state index < -0.39 is 16.7 Å². The van der Waals surface area contributed by atoms with Gasteiger partial charge in [-0.25, -0.2) is 9.18 Å². The number of piperidine rings is 1. The van der Waals surface area contributed by atoms with E-state index in [2.05, 4.69) is 91.8 Å². The lowest BCUT2D eigenvalue weighted by Crippen LogP contribution is -2.54. The monoisotopic (exact) mass is 1020 g/mol. The summed E-state index contributed by atoms with van der Waals surface area (Å²) in [6, 6.07) is 24.8. The van der Waals surface area contributed by atoms with Crippen LogP contribution in [0.25, 0.3) is 0 Å². The van der Waals surface area contributed by atoms with E-state index in [0.29, 0.717) is 35.0 Å². The van der Waals surface area contributed by atoms with Gasteiger partial charge in [0.25, 0.3) is 0 Å². The molecule has 57 heavy (non-hydrogen) atoms. The van der Waals surface area contributed by atoms with E-state index >= 15 is 0 Å². The van der Waals surface area contributed by atoms with Gasteiger partial charge in [0.05, 0.1) is 40.1 Å². The smallest absolute Gasteiger partial charge is 0.318 e. The molecule has 2 aliphatic rings. The van der Waals surface area contributed by atoms with Gasteiger partial charge in [-0.05, 0) is 71.0 Å². The summed E-state index contributed by atoms with van der Waals surface area (Å²) in [4.78, 5) is 18.5. The van der Waals surface area contributed by atoms with E-state index in [9.17, 15) is 13.7 Å². The zero-order valence-corrected chi connectivity index (χ0v) is 38.2. The number of likely N-dealkylation sites (tertiary alicyclic amines) is 1. The van der Waals surface area contributed by atoms with Crippen LogP contribution >= 0.6 is 45.2 Å². The van der Waals surface area contributed by atoms with Crippen molar-refractivity contribution in [1.82, 2.24) is 15.1 Å². The number of ether oxygens (including phenoxy) is 4. The number of carbonyl (C=O) groups is 1. The highest BCUT2D eigenvalue weighted by Crippen LogP contribution is 2.49. The number of fused-ring (bicyclic) bond motifs is 2. The molecule has 0 radical (unpaired) electrons. The van der Waals surface area contributed by atoms with Gasteiger partial charge in [0.15, 0.2) is 16.2 Å². The van der Waals surface area contributed by atoms with Crippen molar-refractivity contribution in [3.63, 3.8) is 0 Å². The first-order valence-corrected chi connectivity index (χ1v) is 23.5. The van der Waals surface area contributed by atoms with Crippen molar-refractivity contribution in [2.24, 2.45) is 0 Å². The number of methoxy groups -OCH3 is 3. The second-order valence-corrected chi connectivity index (χ2v) is 18.0. The summed E-state index contributed by atoms with van der Waals surface area (Å²) >= 11 is 3.87. The highest BCUT2D eigenvalue weighted by Gasteiger charge is 2.52. The Morgan fingerprint density at radius 2 is 1.61 bits per heavy atom. The van der Waals surface area contributed by atoms with Gasteiger partial charge in [0, 0.05) is 65.1 Å². The van der Waals surface area contributed by atoms with Gasteiger partial charge >= 0.3 is 6.03 Å². The van der Waals surface area contributed by atoms with E-state index in [1.54, 1.807) is 44.4 Å². The molecule has 4 aromatic rings. The standard InChI is InChI=1S/C44H52FI2N3O6S/c1-49(42(51)48-27-33-10-6-8-13-38(33)45)43(36-15-14-32(25-46)35(24-36)26-47,30-56-28-31-22-39(53-2)41(55-4)40(23-31)54-3)16-9-19-50-20-17-44(18-21-50)37-12-7-5-11-34(37)29-57(44)52/h5-8,10-15,22-24H,9,16-21,25-30H2,1-4H3,(H,48,51)/t43-,57?/m1/s1. The van der Waals surface area contributed by atoms with E-state index in [4.69, 9.17) is 18.9 Å². The highest BCUT2D eigenvalue weighted by molar-refractivity contribution is 14.1. The number of hydrogen-bond donors (Lipinski definition) is 1. The summed E-state index contributed by atoms with van der Waals surface area (Å²) in [5, 5.41) is 3.00. The molecule has 2 amide bonds. The molecule has 0 saturated carbocycles. The molecular weight excluding hydrogens is 971 g/mol. The van der Waals surface area contributed by atoms with Crippen molar-refractivity contribution in [3.05, 3.63) is 124 Å². The van der Waals surface area contributed by atoms with Gasteiger partial charge in [-0.2, -0.15) is 0 Å². The largest absolute Gasteiger partial charge is 0.615 e. The Kier molecular flexibility index (Phi) is 15.3.